The predicted molar refractivity (Wildman–Crippen MR) is 161 cm³/mol. The molecule has 11 nitrogen and oxygen atoms in total. The average molecular weight is 623 g/mol. The molecule has 0 saturated carbocycles. The first kappa shape index (κ1) is 30.0. The summed E-state index contributed by atoms with van der Waals surface area (Å²) in [5.41, 5.74) is 2.53. The number of hydrogen-bond donors (Lipinski definition) is 2. The average Bonchev–Trinajstić information content (AvgIpc) is 3.55. The van der Waals surface area contributed by atoms with Crippen molar-refractivity contribution < 1.29 is 33.1 Å². The van der Waals surface area contributed by atoms with Crippen LogP contribution in [0.1, 0.15) is 10.4 Å². The van der Waals surface area contributed by atoms with Crippen molar-refractivity contribution in [1.29, 1.82) is 0 Å². The van der Waals surface area contributed by atoms with Crippen LogP contribution in [0.25, 0.3) is 22.4 Å². The van der Waals surface area contributed by atoms with E-state index in [1.807, 2.05) is 0 Å². The molecular formula is C27H35ClN4O7SSi. The van der Waals surface area contributed by atoms with E-state index in [1.54, 1.807) is 34.9 Å². The number of benzene rings is 1. The summed E-state index contributed by atoms with van der Waals surface area (Å²) in [5, 5.41) is 10.5. The Morgan fingerprint density at radius 1 is 1.22 bits per heavy atom. The summed E-state index contributed by atoms with van der Waals surface area (Å²) in [6.07, 6.45) is -0.635. The maximum Gasteiger partial charge on any atom is 0.301 e. The molecule has 1 unspecified atom stereocenters. The molecule has 14 heteroatoms. The van der Waals surface area contributed by atoms with Gasteiger partial charge in [0.25, 0.3) is 5.91 Å². The van der Waals surface area contributed by atoms with Crippen LogP contribution in [0, 0.1) is 0 Å². The lowest BCUT2D eigenvalue weighted by Crippen LogP contribution is -2.35. The van der Waals surface area contributed by atoms with Crippen molar-refractivity contribution in [2.45, 2.75) is 56.8 Å². The van der Waals surface area contributed by atoms with Crippen LogP contribution >= 0.6 is 11.6 Å². The Bertz CT molecular complexity index is 1540. The number of imidazole rings is 1. The normalized spacial score (nSPS) is 23.9. The number of amides is 1. The van der Waals surface area contributed by atoms with E-state index in [9.17, 15) is 14.1 Å². The number of aromatic nitrogens is 3. The number of nitrogens with zero attached hydrogens (tertiary/aromatic N) is 3. The van der Waals surface area contributed by atoms with Crippen molar-refractivity contribution in [3.05, 3.63) is 40.9 Å². The molecule has 3 aromatic rings. The maximum atomic E-state index is 12.4. The van der Waals surface area contributed by atoms with Crippen LogP contribution in [0.5, 0.6) is 6.01 Å². The fourth-order valence-corrected chi connectivity index (χ4v) is 6.18. The first-order valence-corrected chi connectivity index (χ1v) is 19.5. The summed E-state index contributed by atoms with van der Waals surface area (Å²) in [6.45, 7) is 8.06. The van der Waals surface area contributed by atoms with Crippen LogP contribution in [0.2, 0.25) is 30.7 Å². The van der Waals surface area contributed by atoms with Gasteiger partial charge in [-0.1, -0.05) is 43.4 Å². The summed E-state index contributed by atoms with van der Waals surface area (Å²) < 4.78 is 39.8. The van der Waals surface area contributed by atoms with E-state index < -0.39 is 48.1 Å². The molecule has 222 valence electrons. The van der Waals surface area contributed by atoms with Crippen LogP contribution in [-0.4, -0.2) is 94.2 Å². The molecule has 2 fully saturated rings. The maximum absolute atomic E-state index is 12.4. The van der Waals surface area contributed by atoms with Crippen molar-refractivity contribution in [2.24, 2.45) is 0 Å². The Labute approximate surface area is 245 Å². The number of aliphatic hydroxyl groups is 1. The third-order valence-electron chi connectivity index (χ3n) is 6.82. The van der Waals surface area contributed by atoms with Crippen LogP contribution in [0.3, 0.4) is 0 Å². The van der Waals surface area contributed by atoms with Crippen molar-refractivity contribution in [2.75, 3.05) is 26.1 Å². The summed E-state index contributed by atoms with van der Waals surface area (Å²) in [7, 11) is -4.00. The van der Waals surface area contributed by atoms with Crippen LogP contribution in [0.4, 0.5) is 0 Å². The number of carbonyl (C=O) groups is 1. The van der Waals surface area contributed by atoms with E-state index in [-0.39, 0.29) is 26.0 Å². The molecule has 41 heavy (non-hydrogen) atoms. The Kier molecular flexibility index (Phi) is 8.50. The highest BCUT2D eigenvalue weighted by Crippen LogP contribution is 2.34. The fraction of sp³-hybridized carbons (Fsp3) is 0.481. The minimum absolute atomic E-state index is 0.163. The predicted octanol–water partition coefficient (Wildman–Crippen LogP) is 2.96. The summed E-state index contributed by atoms with van der Waals surface area (Å²) in [4.78, 5) is 21.9. The molecule has 0 aliphatic carbocycles. The Balaban J connectivity index is 1.45. The molecule has 5 atom stereocenters. The number of hydrogen-bond acceptors (Lipinski definition) is 9. The Hall–Kier alpha value is -2.52. The van der Waals surface area contributed by atoms with Crippen molar-refractivity contribution in [1.82, 2.24) is 19.3 Å². The van der Waals surface area contributed by atoms with Crippen LogP contribution < -0.4 is 9.46 Å². The van der Waals surface area contributed by atoms with E-state index in [2.05, 4.69) is 35.2 Å². The number of rotatable bonds is 10. The third-order valence-corrected chi connectivity index (χ3v) is 9.43. The molecule has 0 spiro atoms. The Morgan fingerprint density at radius 3 is 2.61 bits per heavy atom. The number of fused-ring (bicyclic) bond motifs is 2. The first-order chi connectivity index (χ1) is 19.3. The number of ether oxygens (including phenoxy) is 4. The third kappa shape index (κ3) is 6.93. The van der Waals surface area contributed by atoms with Gasteiger partial charge in [-0.25, -0.2) is 9.19 Å². The second-order valence-corrected chi connectivity index (χ2v) is 19.9. The highest BCUT2D eigenvalue weighted by atomic mass is 35.5. The van der Waals surface area contributed by atoms with Gasteiger partial charge in [-0.2, -0.15) is 4.98 Å². The monoisotopic (exact) mass is 622 g/mol. The molecular weight excluding hydrogens is 588 g/mol. The van der Waals surface area contributed by atoms with Crippen molar-refractivity contribution in [3.8, 4) is 17.3 Å². The van der Waals surface area contributed by atoms with Gasteiger partial charge in [0.05, 0.1) is 23.9 Å². The molecule has 0 radical (unpaired) electrons. The molecule has 2 aliphatic heterocycles. The van der Waals surface area contributed by atoms with Gasteiger partial charge in [-0.05, 0) is 30.1 Å². The number of halogens is 1. The zero-order valence-corrected chi connectivity index (χ0v) is 26.0. The first-order valence-electron chi connectivity index (χ1n) is 13.3. The molecule has 4 heterocycles. The van der Waals surface area contributed by atoms with Gasteiger partial charge in [0, 0.05) is 41.8 Å². The molecule has 2 aromatic heterocycles. The molecule has 1 amide bonds. The summed E-state index contributed by atoms with van der Waals surface area (Å²) >= 11 is 6.65. The number of nitrogens with one attached hydrogen (secondary N) is 1. The smallest absolute Gasteiger partial charge is 0.301 e. The van der Waals surface area contributed by atoms with E-state index in [4.69, 9.17) is 35.5 Å². The molecule has 2 aliphatic rings. The van der Waals surface area contributed by atoms with Gasteiger partial charge in [0.2, 0.25) is 0 Å². The molecule has 5 rings (SSSR count). The summed E-state index contributed by atoms with van der Waals surface area (Å²) in [6, 6.07) is 9.65. The second-order valence-electron chi connectivity index (χ2n) is 11.7. The largest absolute Gasteiger partial charge is 0.456 e. The minimum Gasteiger partial charge on any atom is -0.456 e. The standard InChI is InChI=1S/C27H35ClN4O7SSi/c1-40(2,35)31-26(34)17-8-6-16(7-9-17)22-18(28)12-19-25(30-22)32(15-36-10-11-41(3,4)5)27(29-19)39-21-14-38-23-20(33)13-37-24(21)23/h6-9,12,20-21,23-24,33H,1,10-11,13-15H2,2-5H3,(H,31,34,35)/t20-,21-,23-,24-,40?/m1/s1. The highest BCUT2D eigenvalue weighted by molar-refractivity contribution is 7.98. The van der Waals surface area contributed by atoms with Gasteiger partial charge in [-0.15, -0.1) is 0 Å². The van der Waals surface area contributed by atoms with Gasteiger partial charge in [0.1, 0.15) is 30.6 Å². The zero-order valence-electron chi connectivity index (χ0n) is 23.5. The van der Waals surface area contributed by atoms with Crippen LogP contribution in [-0.2, 0) is 30.6 Å². The van der Waals surface area contributed by atoms with Gasteiger partial charge in [-0.3, -0.25) is 14.1 Å². The number of pyridine rings is 1. The van der Waals surface area contributed by atoms with Gasteiger partial charge < -0.3 is 24.1 Å². The van der Waals surface area contributed by atoms with Gasteiger partial charge in [0.15, 0.2) is 11.8 Å². The lowest BCUT2D eigenvalue weighted by molar-refractivity contribution is 0.00336. The highest BCUT2D eigenvalue weighted by Gasteiger charge is 2.49. The molecule has 0 bridgehead atoms. The second kappa shape index (κ2) is 11.6. The minimum atomic E-state index is -2.69. The SMILES string of the molecule is C=S(C)(=O)NC(=O)c1ccc(-c2nc3c(cc2Cl)nc(O[C@@H]2CO[C@H]4[C@@H]2OC[C@H]4O)n3COCC[Si](C)(C)C)cc1. The van der Waals surface area contributed by atoms with E-state index in [1.165, 1.54) is 6.26 Å². The number of aliphatic hydroxyl groups excluding tert-OH is 1. The summed E-state index contributed by atoms with van der Waals surface area (Å²) in [5.74, 6) is 2.97. The van der Waals surface area contributed by atoms with E-state index in [0.717, 1.165) is 6.04 Å². The number of carbonyl (C=O) groups excluding carboxylic acids is 1. The van der Waals surface area contributed by atoms with E-state index >= 15 is 0 Å². The lowest BCUT2D eigenvalue weighted by Gasteiger charge is -2.19. The van der Waals surface area contributed by atoms with Gasteiger partial charge >= 0.3 is 6.01 Å². The molecule has 2 saturated heterocycles. The van der Waals surface area contributed by atoms with Crippen LogP contribution in [0.15, 0.2) is 30.3 Å². The molecule has 2 N–H and O–H groups in total. The molecule has 1 aromatic carbocycles. The quantitative estimate of drug-likeness (QED) is 0.199. The van der Waals surface area contributed by atoms with Crippen molar-refractivity contribution >= 4 is 52.3 Å². The zero-order chi connectivity index (χ0) is 29.5. The topological polar surface area (TPSA) is 134 Å². The lowest BCUT2D eigenvalue weighted by atomic mass is 10.1. The fourth-order valence-electron chi connectivity index (χ4n) is 4.66. The van der Waals surface area contributed by atoms with E-state index in [0.29, 0.717) is 39.6 Å². The van der Waals surface area contributed by atoms with Crippen molar-refractivity contribution in [3.63, 3.8) is 0 Å². The Morgan fingerprint density at radius 2 is 1.93 bits per heavy atom.